The molecule has 12 heavy (non-hydrogen) atoms. The molecule has 1 aliphatic heterocycles. The second-order valence-corrected chi connectivity index (χ2v) is 7.40. The van der Waals surface area contributed by atoms with E-state index < -0.39 is 24.9 Å². The summed E-state index contributed by atoms with van der Waals surface area (Å²) >= 11 is 0. The number of hydrogen-bond donors (Lipinski definition) is 0. The predicted molar refractivity (Wildman–Crippen MR) is 46.2 cm³/mol. The van der Waals surface area contributed by atoms with Crippen LogP contribution in [0.25, 0.3) is 0 Å². The van der Waals surface area contributed by atoms with Gasteiger partial charge in [-0.05, 0) is 6.92 Å². The van der Waals surface area contributed by atoms with Gasteiger partial charge in [-0.2, -0.15) is 0 Å². The average Bonchev–Trinajstić information content (AvgIpc) is 1.96. The van der Waals surface area contributed by atoms with E-state index in [-0.39, 0.29) is 16.4 Å². The first-order chi connectivity index (χ1) is 5.27. The van der Waals surface area contributed by atoms with E-state index in [9.17, 15) is 16.8 Å². The molecule has 0 aromatic carbocycles. The maximum atomic E-state index is 11.2. The molecule has 0 bridgehead atoms. The van der Waals surface area contributed by atoms with E-state index >= 15 is 0 Å². The quantitative estimate of drug-likeness (QED) is 0.552. The Labute approximate surface area is 72.1 Å². The van der Waals surface area contributed by atoms with E-state index in [1.165, 1.54) is 6.92 Å². The largest absolute Gasteiger partial charge is 0.228 e. The van der Waals surface area contributed by atoms with Crippen LogP contribution in [0.15, 0.2) is 11.5 Å². The summed E-state index contributed by atoms with van der Waals surface area (Å²) in [6.07, 6.45) is 0. The van der Waals surface area contributed by atoms with Crippen molar-refractivity contribution in [1.29, 1.82) is 0 Å². The Morgan fingerprint density at radius 3 is 2.17 bits per heavy atom. The lowest BCUT2D eigenvalue weighted by atomic mass is 10.5. The first-order valence-electron chi connectivity index (χ1n) is 3.40. The molecule has 1 fully saturated rings. The minimum atomic E-state index is -3.36. The molecule has 0 N–H and O–H groups in total. The molecule has 1 aliphatic rings. The summed E-state index contributed by atoms with van der Waals surface area (Å²) in [7, 11) is -6.62. The van der Waals surface area contributed by atoms with Crippen molar-refractivity contribution in [2.75, 3.05) is 11.5 Å². The summed E-state index contributed by atoms with van der Waals surface area (Å²) in [5.74, 6) is -0.603. The van der Waals surface area contributed by atoms with Crippen molar-refractivity contribution in [2.24, 2.45) is 0 Å². The minimum absolute atomic E-state index is 0.172. The van der Waals surface area contributed by atoms with Crippen LogP contribution in [-0.2, 0) is 19.7 Å². The molecule has 1 rings (SSSR count). The maximum Gasteiger partial charge on any atom is 0.176 e. The van der Waals surface area contributed by atoms with Gasteiger partial charge in [0.05, 0.1) is 21.7 Å². The molecule has 1 unspecified atom stereocenters. The standard InChI is InChI=1S/C6H10O4S2/c1-5-6(2)12(9,10)4-3-11(5,7)8/h6H,1,3-4H2,2H3. The molecule has 0 amide bonds. The zero-order valence-electron chi connectivity index (χ0n) is 6.65. The van der Waals surface area contributed by atoms with Gasteiger partial charge in [0, 0.05) is 0 Å². The van der Waals surface area contributed by atoms with Crippen LogP contribution in [-0.4, -0.2) is 33.6 Å². The van der Waals surface area contributed by atoms with Crippen LogP contribution in [0.2, 0.25) is 0 Å². The molecule has 1 saturated heterocycles. The first kappa shape index (κ1) is 9.73. The van der Waals surface area contributed by atoms with E-state index in [1.54, 1.807) is 0 Å². The molecule has 0 aliphatic carbocycles. The van der Waals surface area contributed by atoms with Crippen molar-refractivity contribution in [3.8, 4) is 0 Å². The topological polar surface area (TPSA) is 68.3 Å². The van der Waals surface area contributed by atoms with Crippen LogP contribution in [0.4, 0.5) is 0 Å². The highest BCUT2D eigenvalue weighted by molar-refractivity contribution is 8.01. The van der Waals surface area contributed by atoms with Crippen molar-refractivity contribution in [3.05, 3.63) is 11.5 Å². The van der Waals surface area contributed by atoms with Crippen molar-refractivity contribution in [2.45, 2.75) is 12.2 Å². The van der Waals surface area contributed by atoms with E-state index in [0.717, 1.165) is 0 Å². The molecule has 6 heteroatoms. The summed E-state index contributed by atoms with van der Waals surface area (Å²) in [5, 5.41) is -0.948. The summed E-state index contributed by atoms with van der Waals surface area (Å²) in [6, 6.07) is 0. The van der Waals surface area contributed by atoms with Crippen LogP contribution < -0.4 is 0 Å². The van der Waals surface area contributed by atoms with Gasteiger partial charge in [-0.15, -0.1) is 0 Å². The summed E-state index contributed by atoms with van der Waals surface area (Å²) in [4.78, 5) is -0.172. The van der Waals surface area contributed by atoms with Crippen molar-refractivity contribution < 1.29 is 16.8 Å². The lowest BCUT2D eigenvalue weighted by Crippen LogP contribution is -2.36. The van der Waals surface area contributed by atoms with Crippen molar-refractivity contribution >= 4 is 19.7 Å². The van der Waals surface area contributed by atoms with Crippen molar-refractivity contribution in [3.63, 3.8) is 0 Å². The van der Waals surface area contributed by atoms with E-state index in [0.29, 0.717) is 0 Å². The third kappa shape index (κ3) is 1.40. The smallest absolute Gasteiger partial charge is 0.176 e. The monoisotopic (exact) mass is 210 g/mol. The Kier molecular flexibility index (Phi) is 2.08. The van der Waals surface area contributed by atoms with Crippen LogP contribution in [0, 0.1) is 0 Å². The zero-order chi connectivity index (χ0) is 9.57. The molecule has 1 atom stereocenters. The molecule has 0 spiro atoms. The molecule has 0 radical (unpaired) electrons. The van der Waals surface area contributed by atoms with Gasteiger partial charge in [0.15, 0.2) is 19.7 Å². The molecule has 4 nitrogen and oxygen atoms in total. The van der Waals surface area contributed by atoms with Gasteiger partial charge >= 0.3 is 0 Å². The molecule has 1 heterocycles. The highest BCUT2D eigenvalue weighted by atomic mass is 32.2. The van der Waals surface area contributed by atoms with Crippen LogP contribution in [0.5, 0.6) is 0 Å². The Bertz CT molecular complexity index is 401. The molecule has 70 valence electrons. The third-order valence-electron chi connectivity index (χ3n) is 2.03. The minimum Gasteiger partial charge on any atom is -0.228 e. The fraction of sp³-hybridized carbons (Fsp3) is 0.667. The fourth-order valence-corrected chi connectivity index (χ4v) is 5.20. The summed E-state index contributed by atoms with van der Waals surface area (Å²) < 4.78 is 44.5. The Morgan fingerprint density at radius 2 is 1.75 bits per heavy atom. The zero-order valence-corrected chi connectivity index (χ0v) is 8.28. The third-order valence-corrected chi connectivity index (χ3v) is 6.46. The first-order valence-corrected chi connectivity index (χ1v) is 6.77. The lowest BCUT2D eigenvalue weighted by molar-refractivity contribution is 0.577. The Balaban J connectivity index is 3.21. The Hall–Kier alpha value is -0.360. The van der Waals surface area contributed by atoms with Crippen molar-refractivity contribution in [1.82, 2.24) is 0 Å². The number of rotatable bonds is 0. The lowest BCUT2D eigenvalue weighted by Gasteiger charge is -2.20. The number of sulfone groups is 2. The Morgan fingerprint density at radius 1 is 1.25 bits per heavy atom. The summed E-state index contributed by atoms with van der Waals surface area (Å²) in [5.41, 5.74) is 0. The molecule has 0 aromatic heterocycles. The maximum absolute atomic E-state index is 11.2. The van der Waals surface area contributed by atoms with Crippen LogP contribution in [0.1, 0.15) is 6.92 Å². The highest BCUT2D eigenvalue weighted by Crippen LogP contribution is 2.23. The van der Waals surface area contributed by atoms with E-state index in [4.69, 9.17) is 0 Å². The summed E-state index contributed by atoms with van der Waals surface area (Å²) in [6.45, 7) is 4.63. The van der Waals surface area contributed by atoms with E-state index in [2.05, 4.69) is 6.58 Å². The van der Waals surface area contributed by atoms with Crippen LogP contribution >= 0.6 is 0 Å². The molecule has 0 aromatic rings. The van der Waals surface area contributed by atoms with Gasteiger partial charge in [-0.25, -0.2) is 16.8 Å². The predicted octanol–water partition coefficient (Wildman–Crippen LogP) is -0.268. The highest BCUT2D eigenvalue weighted by Gasteiger charge is 2.37. The normalized spacial score (nSPS) is 33.1. The van der Waals surface area contributed by atoms with E-state index in [1.807, 2.05) is 0 Å². The number of hydrogen-bond acceptors (Lipinski definition) is 4. The molecular formula is C6H10O4S2. The molecule has 0 saturated carbocycles. The SMILES string of the molecule is C=C1C(C)S(=O)(=O)CCS1(=O)=O. The van der Waals surface area contributed by atoms with Gasteiger partial charge < -0.3 is 0 Å². The van der Waals surface area contributed by atoms with Gasteiger partial charge in [0.1, 0.15) is 0 Å². The van der Waals surface area contributed by atoms with Gasteiger partial charge in [-0.1, -0.05) is 6.58 Å². The second kappa shape index (κ2) is 2.56. The average molecular weight is 210 g/mol. The van der Waals surface area contributed by atoms with Gasteiger partial charge in [-0.3, -0.25) is 0 Å². The second-order valence-electron chi connectivity index (χ2n) is 2.79. The molecular weight excluding hydrogens is 200 g/mol. The van der Waals surface area contributed by atoms with Gasteiger partial charge in [0.2, 0.25) is 0 Å². The van der Waals surface area contributed by atoms with Crippen LogP contribution in [0.3, 0.4) is 0 Å². The fourth-order valence-electron chi connectivity index (χ4n) is 0.987. The van der Waals surface area contributed by atoms with Gasteiger partial charge in [0.25, 0.3) is 0 Å².